The molecule has 1 amide bonds. The normalized spacial score (nSPS) is 9.88. The molecular formula is C9H14BrN5OS. The predicted molar refractivity (Wildman–Crippen MR) is 72.3 cm³/mol. The molecular weight excluding hydrogens is 306 g/mol. The molecule has 8 heteroatoms. The summed E-state index contributed by atoms with van der Waals surface area (Å²) >= 11 is 8.22. The molecule has 0 saturated heterocycles. The lowest BCUT2D eigenvalue weighted by atomic mass is 10.4. The topological polar surface area (TPSA) is 71.0 Å². The van der Waals surface area contributed by atoms with Crippen molar-refractivity contribution in [2.24, 2.45) is 0 Å². The van der Waals surface area contributed by atoms with E-state index in [1.54, 1.807) is 11.7 Å². The van der Waals surface area contributed by atoms with Gasteiger partial charge in [0.1, 0.15) is 6.54 Å². The number of halogens is 1. The SMILES string of the molecule is CNC(=S)NNC(=O)Cn1nc(C)c(Br)c1C. The number of hydrogen-bond donors (Lipinski definition) is 3. The minimum Gasteiger partial charge on any atom is -0.364 e. The second-order valence-corrected chi connectivity index (χ2v) is 4.60. The van der Waals surface area contributed by atoms with Crippen molar-refractivity contribution in [1.82, 2.24) is 25.9 Å². The highest BCUT2D eigenvalue weighted by Gasteiger charge is 2.11. The molecule has 0 atom stereocenters. The van der Waals surface area contributed by atoms with E-state index in [1.165, 1.54) is 0 Å². The molecule has 0 saturated carbocycles. The van der Waals surface area contributed by atoms with Gasteiger partial charge in [-0.05, 0) is 42.0 Å². The number of carbonyl (C=O) groups excluding carboxylic acids is 1. The summed E-state index contributed by atoms with van der Waals surface area (Å²) < 4.78 is 2.54. The molecule has 1 aromatic heterocycles. The van der Waals surface area contributed by atoms with Gasteiger partial charge in [-0.3, -0.25) is 20.3 Å². The quantitative estimate of drug-likeness (QED) is 0.543. The summed E-state index contributed by atoms with van der Waals surface area (Å²) in [7, 11) is 1.67. The van der Waals surface area contributed by atoms with Crippen LogP contribution in [-0.2, 0) is 11.3 Å². The molecule has 0 unspecified atom stereocenters. The van der Waals surface area contributed by atoms with Gasteiger partial charge in [-0.1, -0.05) is 0 Å². The minimum absolute atomic E-state index is 0.137. The van der Waals surface area contributed by atoms with Crippen LogP contribution < -0.4 is 16.2 Å². The zero-order valence-electron chi connectivity index (χ0n) is 9.80. The average molecular weight is 320 g/mol. The summed E-state index contributed by atoms with van der Waals surface area (Å²) in [4.78, 5) is 11.6. The number of nitrogens with one attached hydrogen (secondary N) is 3. The Hall–Kier alpha value is -1.15. The second-order valence-electron chi connectivity index (χ2n) is 3.39. The molecule has 0 radical (unpaired) electrons. The first kappa shape index (κ1) is 13.9. The minimum atomic E-state index is -0.222. The Morgan fingerprint density at radius 1 is 1.47 bits per heavy atom. The first-order valence-electron chi connectivity index (χ1n) is 4.91. The molecule has 0 aromatic carbocycles. The van der Waals surface area contributed by atoms with Crippen molar-refractivity contribution in [2.75, 3.05) is 7.05 Å². The van der Waals surface area contributed by atoms with Crippen LogP contribution in [0.3, 0.4) is 0 Å². The van der Waals surface area contributed by atoms with Crippen LogP contribution in [-0.4, -0.2) is 27.8 Å². The van der Waals surface area contributed by atoms with E-state index in [0.717, 1.165) is 15.9 Å². The van der Waals surface area contributed by atoms with Crippen LogP contribution >= 0.6 is 28.1 Å². The van der Waals surface area contributed by atoms with Crippen molar-refractivity contribution in [2.45, 2.75) is 20.4 Å². The van der Waals surface area contributed by atoms with Gasteiger partial charge < -0.3 is 5.32 Å². The molecule has 0 aliphatic carbocycles. The van der Waals surface area contributed by atoms with E-state index in [9.17, 15) is 4.79 Å². The third-order valence-corrected chi connectivity index (χ3v) is 3.58. The number of nitrogens with zero attached hydrogens (tertiary/aromatic N) is 2. The molecule has 0 spiro atoms. The number of hydrogen-bond acceptors (Lipinski definition) is 3. The molecule has 94 valence electrons. The number of aryl methyl sites for hydroxylation is 1. The molecule has 17 heavy (non-hydrogen) atoms. The van der Waals surface area contributed by atoms with Crippen LogP contribution in [0.5, 0.6) is 0 Å². The Labute approximate surface area is 113 Å². The molecule has 0 bridgehead atoms. The Morgan fingerprint density at radius 3 is 2.59 bits per heavy atom. The fourth-order valence-corrected chi connectivity index (χ4v) is 1.53. The Kier molecular flexibility index (Phi) is 4.88. The average Bonchev–Trinajstić information content (AvgIpc) is 2.54. The van der Waals surface area contributed by atoms with E-state index < -0.39 is 0 Å². The number of thiocarbonyl (C=S) groups is 1. The van der Waals surface area contributed by atoms with Crippen molar-refractivity contribution in [3.05, 3.63) is 15.9 Å². The molecule has 0 aliphatic rings. The smallest absolute Gasteiger partial charge is 0.260 e. The fraction of sp³-hybridized carbons (Fsp3) is 0.444. The zero-order chi connectivity index (χ0) is 13.0. The highest BCUT2D eigenvalue weighted by molar-refractivity contribution is 9.10. The summed E-state index contributed by atoms with van der Waals surface area (Å²) in [6.07, 6.45) is 0. The number of carbonyl (C=O) groups is 1. The van der Waals surface area contributed by atoms with Gasteiger partial charge in [-0.15, -0.1) is 0 Å². The van der Waals surface area contributed by atoms with Gasteiger partial charge >= 0.3 is 0 Å². The predicted octanol–water partition coefficient (Wildman–Crippen LogP) is 0.388. The van der Waals surface area contributed by atoms with Gasteiger partial charge in [0.25, 0.3) is 5.91 Å². The maximum Gasteiger partial charge on any atom is 0.260 e. The summed E-state index contributed by atoms with van der Waals surface area (Å²) in [6.45, 7) is 3.90. The standard InChI is InChI=1S/C9H14BrN5OS/c1-5-8(10)6(2)15(14-5)4-7(16)12-13-9(17)11-3/h4H2,1-3H3,(H,12,16)(H2,11,13,17). The van der Waals surface area contributed by atoms with Crippen LogP contribution in [0, 0.1) is 13.8 Å². The van der Waals surface area contributed by atoms with Crippen LogP contribution in [0.4, 0.5) is 0 Å². The van der Waals surface area contributed by atoms with Crippen molar-refractivity contribution in [3.63, 3.8) is 0 Å². The molecule has 1 aromatic rings. The van der Waals surface area contributed by atoms with Gasteiger partial charge in [0, 0.05) is 7.05 Å². The van der Waals surface area contributed by atoms with E-state index in [2.05, 4.69) is 37.2 Å². The lowest BCUT2D eigenvalue weighted by molar-refractivity contribution is -0.122. The molecule has 6 nitrogen and oxygen atoms in total. The summed E-state index contributed by atoms with van der Waals surface area (Å²) in [6, 6.07) is 0. The van der Waals surface area contributed by atoms with Crippen LogP contribution in [0.25, 0.3) is 0 Å². The summed E-state index contributed by atoms with van der Waals surface area (Å²) in [5, 5.41) is 7.27. The molecule has 1 heterocycles. The van der Waals surface area contributed by atoms with E-state index in [0.29, 0.717) is 5.11 Å². The largest absolute Gasteiger partial charge is 0.364 e. The first-order chi connectivity index (χ1) is 7.95. The van der Waals surface area contributed by atoms with Crippen molar-refractivity contribution < 1.29 is 4.79 Å². The second kappa shape index (κ2) is 5.97. The Morgan fingerprint density at radius 2 is 2.12 bits per heavy atom. The van der Waals surface area contributed by atoms with E-state index >= 15 is 0 Å². The van der Waals surface area contributed by atoms with Gasteiger partial charge in [0.2, 0.25) is 0 Å². The van der Waals surface area contributed by atoms with Crippen molar-refractivity contribution >= 4 is 39.2 Å². The van der Waals surface area contributed by atoms with E-state index in [1.807, 2.05) is 13.8 Å². The Bertz CT molecular complexity index is 445. The number of hydrazine groups is 1. The maximum absolute atomic E-state index is 11.6. The van der Waals surface area contributed by atoms with Crippen LogP contribution in [0.15, 0.2) is 4.47 Å². The summed E-state index contributed by atoms with van der Waals surface area (Å²) in [5.41, 5.74) is 6.80. The number of amides is 1. The Balaban J connectivity index is 2.56. The van der Waals surface area contributed by atoms with Gasteiger partial charge in [-0.25, -0.2) is 0 Å². The number of aromatic nitrogens is 2. The van der Waals surface area contributed by atoms with Gasteiger partial charge in [-0.2, -0.15) is 5.10 Å². The molecule has 1 rings (SSSR count). The first-order valence-corrected chi connectivity index (χ1v) is 6.12. The highest BCUT2D eigenvalue weighted by atomic mass is 79.9. The molecule has 3 N–H and O–H groups in total. The number of rotatable bonds is 2. The van der Waals surface area contributed by atoms with Gasteiger partial charge in [0.05, 0.1) is 15.9 Å². The lowest BCUT2D eigenvalue weighted by Crippen LogP contribution is -2.46. The molecule has 0 fully saturated rings. The zero-order valence-corrected chi connectivity index (χ0v) is 12.2. The maximum atomic E-state index is 11.6. The lowest BCUT2D eigenvalue weighted by Gasteiger charge is -2.09. The van der Waals surface area contributed by atoms with Crippen LogP contribution in [0.2, 0.25) is 0 Å². The molecule has 0 aliphatic heterocycles. The van der Waals surface area contributed by atoms with Crippen LogP contribution in [0.1, 0.15) is 11.4 Å². The summed E-state index contributed by atoms with van der Waals surface area (Å²) in [5.74, 6) is -0.222. The third-order valence-electron chi connectivity index (χ3n) is 2.13. The van der Waals surface area contributed by atoms with E-state index in [4.69, 9.17) is 12.2 Å². The monoisotopic (exact) mass is 319 g/mol. The third kappa shape index (κ3) is 3.67. The van der Waals surface area contributed by atoms with Crippen molar-refractivity contribution in [1.29, 1.82) is 0 Å². The fourth-order valence-electron chi connectivity index (χ4n) is 1.19. The van der Waals surface area contributed by atoms with E-state index in [-0.39, 0.29) is 12.5 Å². The van der Waals surface area contributed by atoms with Gasteiger partial charge in [0.15, 0.2) is 5.11 Å². The van der Waals surface area contributed by atoms with Crippen molar-refractivity contribution in [3.8, 4) is 0 Å². The highest BCUT2D eigenvalue weighted by Crippen LogP contribution is 2.19.